The number of hydrogen-bond donors (Lipinski definition) is 3. The van der Waals surface area contributed by atoms with Crippen molar-refractivity contribution in [2.75, 3.05) is 13.1 Å². The molecule has 1 aliphatic heterocycles. The van der Waals surface area contributed by atoms with Gasteiger partial charge in [-0.15, -0.1) is 0 Å². The summed E-state index contributed by atoms with van der Waals surface area (Å²) in [6.07, 6.45) is 4.23. The van der Waals surface area contributed by atoms with Crippen molar-refractivity contribution in [2.24, 2.45) is 0 Å². The van der Waals surface area contributed by atoms with Gasteiger partial charge in [-0.05, 0) is 43.4 Å². The third-order valence-electron chi connectivity index (χ3n) is 5.82. The van der Waals surface area contributed by atoms with E-state index in [1.54, 1.807) is 17.0 Å². The molecule has 1 aliphatic carbocycles. The van der Waals surface area contributed by atoms with Gasteiger partial charge in [0, 0.05) is 24.2 Å². The topological polar surface area (TPSA) is 89.9 Å². The molecule has 1 saturated heterocycles. The van der Waals surface area contributed by atoms with Gasteiger partial charge in [0.1, 0.15) is 0 Å². The molecule has 0 radical (unpaired) electrons. The number of piperidine rings is 1. The molecule has 0 bridgehead atoms. The van der Waals surface area contributed by atoms with Crippen LogP contribution in [0.4, 0.5) is 4.79 Å². The lowest BCUT2D eigenvalue weighted by atomic mass is 9.72. The van der Waals surface area contributed by atoms with Gasteiger partial charge in [0.2, 0.25) is 5.91 Å². The zero-order chi connectivity index (χ0) is 19.4. The molecule has 1 aromatic carbocycles. The highest BCUT2D eigenvalue weighted by Gasteiger charge is 2.45. The Morgan fingerprint density at radius 3 is 2.44 bits per heavy atom. The van der Waals surface area contributed by atoms with Gasteiger partial charge < -0.3 is 20.4 Å². The van der Waals surface area contributed by atoms with E-state index in [4.69, 9.17) is 16.7 Å². The summed E-state index contributed by atoms with van der Waals surface area (Å²) in [5.41, 5.74) is -0.307. The van der Waals surface area contributed by atoms with Crippen molar-refractivity contribution >= 4 is 23.6 Å². The Labute approximate surface area is 164 Å². The van der Waals surface area contributed by atoms with Crippen molar-refractivity contribution in [3.05, 3.63) is 34.9 Å². The quantitative estimate of drug-likeness (QED) is 0.730. The molecule has 1 atom stereocenters. The minimum absolute atomic E-state index is 0.0876. The number of nitrogens with zero attached hydrogens (tertiary/aromatic N) is 1. The summed E-state index contributed by atoms with van der Waals surface area (Å²) >= 11 is 6.16. The molecule has 1 heterocycles. The fourth-order valence-electron chi connectivity index (χ4n) is 4.42. The van der Waals surface area contributed by atoms with Crippen LogP contribution in [-0.2, 0) is 4.79 Å². The SMILES string of the molecule is O=C(O)NC1CCN(C(=O)C(c2cccc(Cl)c2)C2(O)CCCCC2)CC1. The number of carbonyl (C=O) groups is 2. The summed E-state index contributed by atoms with van der Waals surface area (Å²) < 4.78 is 0. The molecule has 2 aliphatic rings. The highest BCUT2D eigenvalue weighted by molar-refractivity contribution is 6.30. The van der Waals surface area contributed by atoms with Crippen LogP contribution in [0.15, 0.2) is 24.3 Å². The number of benzene rings is 1. The van der Waals surface area contributed by atoms with Crippen molar-refractivity contribution in [1.29, 1.82) is 0 Å². The molecule has 2 amide bonds. The van der Waals surface area contributed by atoms with Gasteiger partial charge in [-0.25, -0.2) is 4.79 Å². The molecule has 6 nitrogen and oxygen atoms in total. The average Bonchev–Trinajstić information content (AvgIpc) is 2.62. The van der Waals surface area contributed by atoms with Crippen LogP contribution in [0.2, 0.25) is 5.02 Å². The minimum Gasteiger partial charge on any atom is -0.465 e. The number of carbonyl (C=O) groups excluding carboxylic acids is 1. The second-order valence-electron chi connectivity index (χ2n) is 7.70. The second kappa shape index (κ2) is 8.48. The predicted octanol–water partition coefficient (Wildman–Crippen LogP) is 3.38. The van der Waals surface area contributed by atoms with E-state index < -0.39 is 17.6 Å². The smallest absolute Gasteiger partial charge is 0.404 e. The summed E-state index contributed by atoms with van der Waals surface area (Å²) in [6.45, 7) is 0.966. The van der Waals surface area contributed by atoms with Crippen molar-refractivity contribution < 1.29 is 19.8 Å². The molecule has 1 unspecified atom stereocenters. The highest BCUT2D eigenvalue weighted by Crippen LogP contribution is 2.41. The van der Waals surface area contributed by atoms with Gasteiger partial charge in [-0.1, -0.05) is 43.0 Å². The van der Waals surface area contributed by atoms with Crippen molar-refractivity contribution in [3.8, 4) is 0 Å². The molecular formula is C20H27ClN2O4. The first kappa shape index (κ1) is 20.0. The van der Waals surface area contributed by atoms with Gasteiger partial charge >= 0.3 is 6.09 Å². The Morgan fingerprint density at radius 2 is 1.85 bits per heavy atom. The predicted molar refractivity (Wildman–Crippen MR) is 103 cm³/mol. The number of likely N-dealkylation sites (tertiary alicyclic amines) is 1. The van der Waals surface area contributed by atoms with Crippen LogP contribution in [0.25, 0.3) is 0 Å². The van der Waals surface area contributed by atoms with Gasteiger partial charge in [0.25, 0.3) is 0 Å². The van der Waals surface area contributed by atoms with Gasteiger partial charge in [0.05, 0.1) is 11.5 Å². The zero-order valence-corrected chi connectivity index (χ0v) is 16.1. The Hall–Kier alpha value is -1.79. The zero-order valence-electron chi connectivity index (χ0n) is 15.4. The Morgan fingerprint density at radius 1 is 1.19 bits per heavy atom. The Kier molecular flexibility index (Phi) is 6.27. The first-order valence-electron chi connectivity index (χ1n) is 9.65. The monoisotopic (exact) mass is 394 g/mol. The number of halogens is 1. The summed E-state index contributed by atoms with van der Waals surface area (Å²) in [7, 11) is 0. The van der Waals surface area contributed by atoms with E-state index in [2.05, 4.69) is 5.32 Å². The van der Waals surface area contributed by atoms with E-state index in [1.165, 1.54) is 0 Å². The third-order valence-corrected chi connectivity index (χ3v) is 6.06. The first-order chi connectivity index (χ1) is 12.9. The minimum atomic E-state index is -1.06. The van der Waals surface area contributed by atoms with Crippen LogP contribution in [0.3, 0.4) is 0 Å². The number of carboxylic acid groups (broad SMARTS) is 1. The molecule has 0 spiro atoms. The maximum Gasteiger partial charge on any atom is 0.404 e. The van der Waals surface area contributed by atoms with Crippen LogP contribution in [0, 0.1) is 0 Å². The molecule has 148 valence electrons. The number of aliphatic hydroxyl groups is 1. The maximum absolute atomic E-state index is 13.4. The number of nitrogens with one attached hydrogen (secondary N) is 1. The lowest BCUT2D eigenvalue weighted by molar-refractivity contribution is -0.142. The summed E-state index contributed by atoms with van der Waals surface area (Å²) in [4.78, 5) is 26.0. The lowest BCUT2D eigenvalue weighted by Crippen LogP contribution is -2.52. The van der Waals surface area contributed by atoms with Crippen molar-refractivity contribution in [1.82, 2.24) is 10.2 Å². The van der Waals surface area contributed by atoms with Crippen molar-refractivity contribution in [3.63, 3.8) is 0 Å². The van der Waals surface area contributed by atoms with Gasteiger partial charge in [-0.3, -0.25) is 4.79 Å². The molecule has 1 aromatic rings. The van der Waals surface area contributed by atoms with E-state index in [0.29, 0.717) is 43.8 Å². The van der Waals surface area contributed by atoms with Crippen LogP contribution in [-0.4, -0.2) is 51.8 Å². The van der Waals surface area contributed by atoms with E-state index in [0.717, 1.165) is 24.8 Å². The van der Waals surface area contributed by atoms with Gasteiger partial charge in [-0.2, -0.15) is 0 Å². The highest BCUT2D eigenvalue weighted by atomic mass is 35.5. The van der Waals surface area contributed by atoms with Gasteiger partial charge in [0.15, 0.2) is 0 Å². The van der Waals surface area contributed by atoms with Crippen LogP contribution < -0.4 is 5.32 Å². The van der Waals surface area contributed by atoms with E-state index in [9.17, 15) is 14.7 Å². The maximum atomic E-state index is 13.4. The molecule has 27 heavy (non-hydrogen) atoms. The largest absolute Gasteiger partial charge is 0.465 e. The number of rotatable bonds is 4. The molecule has 3 N–H and O–H groups in total. The fraction of sp³-hybridized carbons (Fsp3) is 0.600. The van der Waals surface area contributed by atoms with E-state index in [-0.39, 0.29) is 11.9 Å². The lowest BCUT2D eigenvalue weighted by Gasteiger charge is -2.42. The molecule has 1 saturated carbocycles. The third kappa shape index (κ3) is 4.74. The second-order valence-corrected chi connectivity index (χ2v) is 8.14. The normalized spacial score (nSPS) is 21.5. The van der Waals surface area contributed by atoms with Crippen LogP contribution in [0.1, 0.15) is 56.4 Å². The fourth-order valence-corrected chi connectivity index (χ4v) is 4.62. The van der Waals surface area contributed by atoms with Crippen LogP contribution >= 0.6 is 11.6 Å². The first-order valence-corrected chi connectivity index (χ1v) is 10.0. The standard InChI is InChI=1S/C20H27ClN2O4/c21-15-6-4-5-14(13-15)17(20(27)9-2-1-3-10-20)18(24)23-11-7-16(8-12-23)22-19(25)26/h4-6,13,16-17,22,27H,1-3,7-12H2,(H,25,26). The summed E-state index contributed by atoms with van der Waals surface area (Å²) in [5, 5.41) is 23.3. The summed E-state index contributed by atoms with van der Waals surface area (Å²) in [6, 6.07) is 7.08. The Bertz CT molecular complexity index is 682. The Balaban J connectivity index is 1.80. The molecule has 2 fully saturated rings. The number of hydrogen-bond acceptors (Lipinski definition) is 3. The average molecular weight is 395 g/mol. The molecule has 3 rings (SSSR count). The molecular weight excluding hydrogens is 368 g/mol. The van der Waals surface area contributed by atoms with Crippen LogP contribution in [0.5, 0.6) is 0 Å². The number of amides is 2. The molecule has 0 aromatic heterocycles. The van der Waals surface area contributed by atoms with Crippen molar-refractivity contribution in [2.45, 2.75) is 62.5 Å². The summed E-state index contributed by atoms with van der Waals surface area (Å²) in [5.74, 6) is -0.726. The molecule has 7 heteroatoms. The van der Waals surface area contributed by atoms with E-state index >= 15 is 0 Å². The van der Waals surface area contributed by atoms with E-state index in [1.807, 2.05) is 12.1 Å².